The third-order valence-electron chi connectivity index (χ3n) is 2.46. The summed E-state index contributed by atoms with van der Waals surface area (Å²) < 4.78 is 47.6. The van der Waals surface area contributed by atoms with Crippen LogP contribution in [-0.4, -0.2) is 36.6 Å². The number of carbonyl (C=O) groups is 1. The van der Waals surface area contributed by atoms with Crippen LogP contribution in [0, 0.1) is 11.8 Å². The average Bonchev–Trinajstić information content (AvgIpc) is 2.44. The molecule has 7 heteroatoms. The van der Waals surface area contributed by atoms with E-state index in [4.69, 9.17) is 4.74 Å². The van der Waals surface area contributed by atoms with E-state index in [9.17, 15) is 23.1 Å². The highest BCUT2D eigenvalue weighted by molar-refractivity contribution is 5.84. The number of esters is 1. The van der Waals surface area contributed by atoms with Crippen LogP contribution in [0.25, 0.3) is 0 Å². The van der Waals surface area contributed by atoms with E-state index in [1.807, 2.05) is 0 Å². The molecule has 0 fully saturated rings. The van der Waals surface area contributed by atoms with E-state index < -0.39 is 17.7 Å². The second-order valence-corrected chi connectivity index (χ2v) is 3.91. The van der Waals surface area contributed by atoms with Gasteiger partial charge in [0.15, 0.2) is 0 Å². The first-order valence-corrected chi connectivity index (χ1v) is 5.88. The van der Waals surface area contributed by atoms with Gasteiger partial charge < -0.3 is 14.6 Å². The van der Waals surface area contributed by atoms with E-state index in [1.54, 1.807) is 0 Å². The zero-order valence-corrected chi connectivity index (χ0v) is 11.3. The zero-order chi connectivity index (χ0) is 16.1. The molecule has 0 aliphatic carbocycles. The first-order valence-electron chi connectivity index (χ1n) is 5.88. The normalized spacial score (nSPS) is 13.6. The molecule has 0 unspecified atom stereocenters. The number of rotatable bonds is 3. The average molecular weight is 302 g/mol. The van der Waals surface area contributed by atoms with Gasteiger partial charge in [-0.15, -0.1) is 0 Å². The summed E-state index contributed by atoms with van der Waals surface area (Å²) in [5, 5.41) is 9.51. The Morgan fingerprint density at radius 3 is 2.29 bits per heavy atom. The third-order valence-corrected chi connectivity index (χ3v) is 2.46. The number of carbonyl (C=O) groups excluding carboxylic acids is 1. The van der Waals surface area contributed by atoms with Crippen molar-refractivity contribution in [2.75, 3.05) is 13.7 Å². The molecule has 1 N–H and O–H groups in total. The van der Waals surface area contributed by atoms with Gasteiger partial charge in [-0.3, -0.25) is 0 Å². The van der Waals surface area contributed by atoms with Crippen molar-refractivity contribution in [1.29, 1.82) is 0 Å². The van der Waals surface area contributed by atoms with Crippen LogP contribution in [0.1, 0.15) is 12.5 Å². The molecule has 0 saturated heterocycles. The number of methoxy groups -OCH3 is 1. The van der Waals surface area contributed by atoms with Crippen LogP contribution >= 0.6 is 0 Å². The second-order valence-electron chi connectivity index (χ2n) is 3.91. The van der Waals surface area contributed by atoms with Crippen molar-refractivity contribution < 1.29 is 32.5 Å². The monoisotopic (exact) mass is 302 g/mol. The highest BCUT2D eigenvalue weighted by Crippen LogP contribution is 2.31. The Morgan fingerprint density at radius 1 is 1.29 bits per heavy atom. The fraction of sp³-hybridized carbons (Fsp3) is 0.357. The van der Waals surface area contributed by atoms with Gasteiger partial charge in [-0.2, -0.15) is 13.2 Å². The van der Waals surface area contributed by atoms with Gasteiger partial charge in [-0.25, -0.2) is 4.79 Å². The summed E-state index contributed by atoms with van der Waals surface area (Å²) in [5.41, 5.74) is -3.68. The molecule has 0 spiro atoms. The Balaban J connectivity index is 3.13. The maximum Gasteiger partial charge on any atom is 0.440 e. The molecule has 4 nitrogen and oxygen atoms in total. The summed E-state index contributed by atoms with van der Waals surface area (Å²) >= 11 is 0. The molecule has 114 valence electrons. The van der Waals surface area contributed by atoms with Crippen molar-refractivity contribution in [3.63, 3.8) is 0 Å². The molecule has 21 heavy (non-hydrogen) atoms. The molecule has 1 aromatic rings. The van der Waals surface area contributed by atoms with Crippen molar-refractivity contribution in [2.45, 2.75) is 18.7 Å². The molecule has 0 radical (unpaired) electrons. The lowest BCUT2D eigenvalue weighted by Crippen LogP contribution is -2.52. The minimum absolute atomic E-state index is 0.183. The van der Waals surface area contributed by atoms with E-state index in [-0.39, 0.29) is 12.2 Å². The first kappa shape index (κ1) is 16.9. The summed E-state index contributed by atoms with van der Waals surface area (Å²) in [7, 11) is 1.43. The number of alkyl halides is 3. The fourth-order valence-electron chi connectivity index (χ4n) is 1.31. The van der Waals surface area contributed by atoms with Gasteiger partial charge in [-0.05, 0) is 37.1 Å². The van der Waals surface area contributed by atoms with Crippen molar-refractivity contribution >= 4 is 5.97 Å². The number of hydrogen-bond donors (Lipinski definition) is 1. The summed E-state index contributed by atoms with van der Waals surface area (Å²) in [6, 6.07) is 5.77. The molecule has 0 amide bonds. The van der Waals surface area contributed by atoms with Crippen molar-refractivity contribution in [2.24, 2.45) is 0 Å². The lowest BCUT2D eigenvalue weighted by molar-refractivity contribution is -0.242. The summed E-state index contributed by atoms with van der Waals surface area (Å²) in [5.74, 6) is 2.29. The maximum absolute atomic E-state index is 12.8. The first-order chi connectivity index (χ1) is 9.74. The summed E-state index contributed by atoms with van der Waals surface area (Å²) in [6.07, 6.45) is -5.27. The van der Waals surface area contributed by atoms with Crippen molar-refractivity contribution in [3.05, 3.63) is 29.8 Å². The van der Waals surface area contributed by atoms with E-state index in [1.165, 1.54) is 44.2 Å². The molecule has 1 aromatic carbocycles. The molecular formula is C14H13F3O4. The van der Waals surface area contributed by atoms with E-state index >= 15 is 0 Å². The molecule has 0 heterocycles. The summed E-state index contributed by atoms with van der Waals surface area (Å²) in [6.45, 7) is 1.02. The van der Waals surface area contributed by atoms with Gasteiger partial charge in [0.1, 0.15) is 5.75 Å². The van der Waals surface area contributed by atoms with Crippen LogP contribution in [0.15, 0.2) is 24.3 Å². The Hall–Kier alpha value is -2.20. The van der Waals surface area contributed by atoms with Crippen LogP contribution < -0.4 is 4.74 Å². The fourth-order valence-corrected chi connectivity index (χ4v) is 1.31. The number of halogens is 3. The Kier molecular flexibility index (Phi) is 5.22. The van der Waals surface area contributed by atoms with E-state index in [2.05, 4.69) is 10.7 Å². The van der Waals surface area contributed by atoms with Crippen molar-refractivity contribution in [1.82, 2.24) is 0 Å². The molecule has 0 aromatic heterocycles. The van der Waals surface area contributed by atoms with Crippen LogP contribution in [0.3, 0.4) is 0 Å². The molecule has 0 aliphatic heterocycles. The number of ether oxygens (including phenoxy) is 2. The van der Waals surface area contributed by atoms with Crippen molar-refractivity contribution in [3.8, 4) is 17.6 Å². The van der Waals surface area contributed by atoms with Gasteiger partial charge in [0.25, 0.3) is 0 Å². The highest BCUT2D eigenvalue weighted by atomic mass is 19.4. The largest absolute Gasteiger partial charge is 0.497 e. The SMILES string of the molecule is CCOC(=O)[C@@](O)(C#Cc1ccc(OC)cc1)C(F)(F)F. The molecule has 1 atom stereocenters. The smallest absolute Gasteiger partial charge is 0.440 e. The van der Waals surface area contributed by atoms with Crippen LogP contribution in [0.5, 0.6) is 5.75 Å². The molecule has 1 rings (SSSR count). The van der Waals surface area contributed by atoms with Crippen LogP contribution in [0.2, 0.25) is 0 Å². The lowest BCUT2D eigenvalue weighted by atomic mass is 10.0. The summed E-state index contributed by atoms with van der Waals surface area (Å²) in [4.78, 5) is 11.3. The lowest BCUT2D eigenvalue weighted by Gasteiger charge is -2.22. The Labute approximate surface area is 119 Å². The Morgan fingerprint density at radius 2 is 1.86 bits per heavy atom. The van der Waals surface area contributed by atoms with E-state index in [0.29, 0.717) is 5.75 Å². The van der Waals surface area contributed by atoms with Gasteiger partial charge in [0.2, 0.25) is 0 Å². The van der Waals surface area contributed by atoms with Crippen LogP contribution in [-0.2, 0) is 9.53 Å². The van der Waals surface area contributed by atoms with Gasteiger partial charge in [0.05, 0.1) is 13.7 Å². The van der Waals surface area contributed by atoms with Gasteiger partial charge >= 0.3 is 17.7 Å². The standard InChI is InChI=1S/C14H13F3O4/c1-3-21-12(18)13(19,14(15,16)17)9-8-10-4-6-11(20-2)7-5-10/h4-7,19H,3H2,1-2H3/t13-/m0/s1. The topological polar surface area (TPSA) is 55.8 Å². The number of hydrogen-bond acceptors (Lipinski definition) is 4. The van der Waals surface area contributed by atoms with Crippen LogP contribution in [0.4, 0.5) is 13.2 Å². The molecule has 0 aliphatic rings. The minimum atomic E-state index is -5.27. The second kappa shape index (κ2) is 6.50. The predicted octanol–water partition coefficient (Wildman–Crippen LogP) is 1.90. The molecule has 0 bridgehead atoms. The Bertz CT molecular complexity index is 554. The molecule has 0 saturated carbocycles. The van der Waals surface area contributed by atoms with Gasteiger partial charge in [0, 0.05) is 5.56 Å². The molecular weight excluding hydrogens is 289 g/mol. The van der Waals surface area contributed by atoms with Gasteiger partial charge in [-0.1, -0.05) is 5.92 Å². The quantitative estimate of drug-likeness (QED) is 0.684. The zero-order valence-electron chi connectivity index (χ0n) is 11.3. The third kappa shape index (κ3) is 3.89. The van der Waals surface area contributed by atoms with E-state index in [0.717, 1.165) is 0 Å². The number of benzene rings is 1. The highest BCUT2D eigenvalue weighted by Gasteiger charge is 2.60. The minimum Gasteiger partial charge on any atom is -0.497 e. The number of aliphatic hydroxyl groups is 1. The maximum atomic E-state index is 12.8. The predicted molar refractivity (Wildman–Crippen MR) is 67.5 cm³/mol.